The lowest BCUT2D eigenvalue weighted by Crippen LogP contribution is -2.28. The maximum Gasteiger partial charge on any atom is 0.357 e. The maximum atomic E-state index is 14.6. The second-order valence-corrected chi connectivity index (χ2v) is 13.3. The highest BCUT2D eigenvalue weighted by atomic mass is 32.2. The number of nitrogens with one attached hydrogen (secondary N) is 4. The summed E-state index contributed by atoms with van der Waals surface area (Å²) in [6.07, 6.45) is 1.48. The zero-order valence-electron chi connectivity index (χ0n) is 28.0. The molecule has 2 heterocycles. The lowest BCUT2D eigenvalue weighted by Gasteiger charge is -2.12. The van der Waals surface area contributed by atoms with Crippen LogP contribution in [0.4, 0.5) is 27.5 Å². The van der Waals surface area contributed by atoms with E-state index in [0.717, 1.165) is 22.7 Å². The van der Waals surface area contributed by atoms with E-state index in [1.165, 1.54) is 25.3 Å². The summed E-state index contributed by atoms with van der Waals surface area (Å²) < 4.78 is 51.0. The van der Waals surface area contributed by atoms with Gasteiger partial charge in [-0.15, -0.1) is 0 Å². The summed E-state index contributed by atoms with van der Waals surface area (Å²) in [5, 5.41) is 14.4. The highest BCUT2D eigenvalue weighted by Gasteiger charge is 2.21. The van der Waals surface area contributed by atoms with Crippen molar-refractivity contribution >= 4 is 50.0 Å². The number of carbonyl (C=O) groups is 1. The molecule has 4 N–H and O–H groups in total. The van der Waals surface area contributed by atoms with Gasteiger partial charge in [0.2, 0.25) is 5.95 Å². The van der Waals surface area contributed by atoms with Gasteiger partial charge in [-0.1, -0.05) is 24.3 Å². The van der Waals surface area contributed by atoms with Crippen LogP contribution in [0.3, 0.4) is 0 Å². The Hall–Kier alpha value is -6.06. The fourth-order valence-corrected chi connectivity index (χ4v) is 6.24. The first kappa shape index (κ1) is 34.8. The van der Waals surface area contributed by atoms with E-state index in [0.29, 0.717) is 40.6 Å². The Morgan fingerprint density at radius 3 is 2.47 bits per heavy atom. The van der Waals surface area contributed by atoms with E-state index in [1.807, 2.05) is 36.9 Å². The van der Waals surface area contributed by atoms with Crippen molar-refractivity contribution in [2.45, 2.75) is 38.2 Å². The number of aromatic nitrogens is 4. The number of fused-ring (bicyclic) bond motifs is 1. The summed E-state index contributed by atoms with van der Waals surface area (Å²) in [6, 6.07) is 23.7. The molecular formula is C36H34FN7O6S. The minimum absolute atomic E-state index is 0.000855. The molecule has 6 aromatic rings. The normalized spacial score (nSPS) is 11.4. The molecule has 0 amide bonds. The molecule has 0 bridgehead atoms. The molecule has 0 saturated heterocycles. The van der Waals surface area contributed by atoms with Gasteiger partial charge in [-0.05, 0) is 91.9 Å². The van der Waals surface area contributed by atoms with Crippen LogP contribution in [0.2, 0.25) is 0 Å². The molecule has 262 valence electrons. The summed E-state index contributed by atoms with van der Waals surface area (Å²) in [5.41, 5.74) is 4.03. The first-order valence-corrected chi connectivity index (χ1v) is 17.2. The first-order chi connectivity index (χ1) is 24.5. The molecule has 0 unspecified atom stereocenters. The molecule has 0 aliphatic heterocycles. The molecule has 4 aromatic carbocycles. The molecule has 0 spiro atoms. The molecule has 0 fully saturated rings. The Labute approximate surface area is 293 Å². The van der Waals surface area contributed by atoms with Crippen molar-refractivity contribution in [3.8, 4) is 11.5 Å². The molecular weight excluding hydrogens is 678 g/mol. The van der Waals surface area contributed by atoms with Crippen LogP contribution in [0.25, 0.3) is 10.9 Å². The van der Waals surface area contributed by atoms with Gasteiger partial charge in [0.15, 0.2) is 11.6 Å². The van der Waals surface area contributed by atoms with Gasteiger partial charge in [0.25, 0.3) is 10.0 Å². The van der Waals surface area contributed by atoms with Gasteiger partial charge >= 0.3 is 5.97 Å². The lowest BCUT2D eigenvalue weighted by molar-refractivity contribution is 0.0407. The zero-order chi connectivity index (χ0) is 36.1. The molecule has 51 heavy (non-hydrogen) atoms. The van der Waals surface area contributed by atoms with Gasteiger partial charge in [-0.2, -0.15) is 10.1 Å². The van der Waals surface area contributed by atoms with Crippen LogP contribution in [0.5, 0.6) is 11.5 Å². The van der Waals surface area contributed by atoms with Crippen molar-refractivity contribution in [1.82, 2.24) is 25.1 Å². The number of methoxy groups -OCH3 is 1. The van der Waals surface area contributed by atoms with Gasteiger partial charge in [0, 0.05) is 28.7 Å². The second kappa shape index (κ2) is 14.8. The minimum atomic E-state index is -4.08. The van der Waals surface area contributed by atoms with Crippen LogP contribution in [0.15, 0.2) is 96.0 Å². The molecule has 13 nitrogen and oxygen atoms in total. The molecule has 0 saturated carbocycles. The summed E-state index contributed by atoms with van der Waals surface area (Å²) in [7, 11) is -2.62. The van der Waals surface area contributed by atoms with Crippen LogP contribution < -0.4 is 25.0 Å². The van der Waals surface area contributed by atoms with Crippen molar-refractivity contribution in [1.29, 1.82) is 0 Å². The number of hydrogen-bond donors (Lipinski definition) is 4. The molecule has 0 radical (unpaired) electrons. The summed E-state index contributed by atoms with van der Waals surface area (Å²) in [4.78, 5) is 27.9. The van der Waals surface area contributed by atoms with Gasteiger partial charge in [0.1, 0.15) is 11.5 Å². The molecule has 0 aliphatic carbocycles. The quantitative estimate of drug-likeness (QED) is 0.0938. The van der Waals surface area contributed by atoms with E-state index in [2.05, 4.69) is 30.8 Å². The maximum absolute atomic E-state index is 14.6. The summed E-state index contributed by atoms with van der Waals surface area (Å²) in [5.74, 6) is -0.230. The van der Waals surface area contributed by atoms with Crippen molar-refractivity contribution < 1.29 is 31.9 Å². The van der Waals surface area contributed by atoms with E-state index < -0.39 is 21.8 Å². The molecule has 15 heteroatoms. The third-order valence-corrected chi connectivity index (χ3v) is 8.98. The van der Waals surface area contributed by atoms with Gasteiger partial charge in [-0.3, -0.25) is 5.10 Å². The Morgan fingerprint density at radius 2 is 1.73 bits per heavy atom. The molecule has 2 aromatic heterocycles. The Kier molecular flexibility index (Phi) is 10.1. The number of ether oxygens (including phenoxy) is 2. The third kappa shape index (κ3) is 8.22. The monoisotopic (exact) mass is 711 g/mol. The summed E-state index contributed by atoms with van der Waals surface area (Å²) >= 11 is 0. The van der Waals surface area contributed by atoms with E-state index in [1.54, 1.807) is 55.5 Å². The second-order valence-electron chi connectivity index (χ2n) is 11.7. The lowest BCUT2D eigenvalue weighted by atomic mass is 10.0. The topological polar surface area (TPSA) is 169 Å². The SMILES string of the molecule is COc1cc(C(=O)ONS(=O)(=O)c2ccccc2C)ccc1Cc1n[nH]c2cc(Nc3ncc(F)c(Nc4ccc(OC(C)C)cc4)n3)ccc12. The van der Waals surface area contributed by atoms with Crippen LogP contribution in [0, 0.1) is 12.7 Å². The fraction of sp³-hybridized carbons (Fsp3) is 0.167. The van der Waals surface area contributed by atoms with Crippen LogP contribution in [-0.2, 0) is 21.3 Å². The predicted octanol–water partition coefficient (Wildman–Crippen LogP) is 6.72. The smallest absolute Gasteiger partial charge is 0.357 e. The number of hydrogen-bond acceptors (Lipinski definition) is 11. The number of aryl methyl sites for hydroxylation is 1. The number of sulfonamides is 1. The van der Waals surface area contributed by atoms with Gasteiger partial charge in [0.05, 0.1) is 41.1 Å². The molecule has 0 aliphatic rings. The summed E-state index contributed by atoms with van der Waals surface area (Å²) in [6.45, 7) is 5.52. The highest BCUT2D eigenvalue weighted by molar-refractivity contribution is 7.89. The number of nitrogens with zero attached hydrogens (tertiary/aromatic N) is 3. The van der Waals surface area contributed by atoms with Crippen molar-refractivity contribution in [3.05, 3.63) is 119 Å². The average Bonchev–Trinajstić information content (AvgIpc) is 3.51. The van der Waals surface area contributed by atoms with Crippen LogP contribution in [-0.4, -0.2) is 47.8 Å². The first-order valence-electron chi connectivity index (χ1n) is 15.7. The Balaban J connectivity index is 1.12. The van der Waals surface area contributed by atoms with E-state index in [4.69, 9.17) is 14.3 Å². The minimum Gasteiger partial charge on any atom is -0.496 e. The van der Waals surface area contributed by atoms with E-state index in [9.17, 15) is 17.6 Å². The third-order valence-electron chi connectivity index (χ3n) is 7.64. The fourth-order valence-electron chi connectivity index (χ4n) is 5.21. The molecule has 0 atom stereocenters. The Bertz CT molecular complexity index is 2310. The number of halogens is 1. The van der Waals surface area contributed by atoms with E-state index in [-0.39, 0.29) is 28.3 Å². The highest BCUT2D eigenvalue weighted by Crippen LogP contribution is 2.29. The van der Waals surface area contributed by atoms with Gasteiger partial charge in [-0.25, -0.2) is 22.6 Å². The van der Waals surface area contributed by atoms with E-state index >= 15 is 0 Å². The zero-order valence-corrected chi connectivity index (χ0v) is 28.8. The average molecular weight is 712 g/mol. The standard InChI is InChI=1S/C36H34FN7O6S/c1-21(2)49-27-14-11-25(12-15-27)39-34-29(37)20-38-36(41-34)40-26-13-16-28-30(42-43-31(28)19-26)17-23-9-10-24(18-32(23)48-4)35(45)50-44-51(46,47)33-8-6-5-7-22(33)3/h5-16,18-21,44H,17H2,1-4H3,(H,42,43)(H2,38,39,40,41). The molecule has 6 rings (SSSR count). The van der Waals surface area contributed by atoms with Crippen molar-refractivity contribution in [2.24, 2.45) is 0 Å². The van der Waals surface area contributed by atoms with Crippen molar-refractivity contribution in [2.75, 3.05) is 17.7 Å². The largest absolute Gasteiger partial charge is 0.496 e. The predicted molar refractivity (Wildman–Crippen MR) is 190 cm³/mol. The van der Waals surface area contributed by atoms with Crippen LogP contribution in [0.1, 0.15) is 41.0 Å². The number of carbonyl (C=O) groups excluding carboxylic acids is 1. The number of anilines is 4. The Morgan fingerprint density at radius 1 is 0.961 bits per heavy atom. The van der Waals surface area contributed by atoms with Crippen molar-refractivity contribution in [3.63, 3.8) is 0 Å². The van der Waals surface area contributed by atoms with Gasteiger partial charge < -0.3 is 24.9 Å². The number of aromatic amines is 1. The number of benzene rings is 4. The van der Waals surface area contributed by atoms with Crippen LogP contribution >= 0.6 is 0 Å². The number of rotatable bonds is 13. The number of H-pyrrole nitrogens is 1.